The molecule has 0 bridgehead atoms. The van der Waals surface area contributed by atoms with Crippen LogP contribution in [0.15, 0.2) is 54.6 Å². The lowest BCUT2D eigenvalue weighted by Gasteiger charge is -2.30. The first-order valence-electron chi connectivity index (χ1n) is 11.4. The summed E-state index contributed by atoms with van der Waals surface area (Å²) in [5.41, 5.74) is 1.40. The van der Waals surface area contributed by atoms with Gasteiger partial charge >= 0.3 is 0 Å². The SMILES string of the molecule is CC[C@H](C)NC(=O)[C@H](C)N(Cc1ccc(Cl)cc1)C(=O)CCCN(c1ccccc1)S(C)(=O)=O. The Morgan fingerprint density at radius 1 is 1.03 bits per heavy atom. The first-order chi connectivity index (χ1) is 16.0. The predicted molar refractivity (Wildman–Crippen MR) is 137 cm³/mol. The largest absolute Gasteiger partial charge is 0.352 e. The summed E-state index contributed by atoms with van der Waals surface area (Å²) in [6.07, 6.45) is 2.35. The maximum absolute atomic E-state index is 13.2. The van der Waals surface area contributed by atoms with Crippen LogP contribution in [0.25, 0.3) is 0 Å². The number of hydrogen-bond acceptors (Lipinski definition) is 4. The molecule has 0 aromatic heterocycles. The van der Waals surface area contributed by atoms with Crippen molar-refractivity contribution in [1.29, 1.82) is 0 Å². The number of amides is 2. The van der Waals surface area contributed by atoms with Crippen LogP contribution in [-0.4, -0.2) is 50.0 Å². The van der Waals surface area contributed by atoms with Gasteiger partial charge in [-0.2, -0.15) is 0 Å². The van der Waals surface area contributed by atoms with Crippen LogP contribution < -0.4 is 9.62 Å². The summed E-state index contributed by atoms with van der Waals surface area (Å²) in [6.45, 7) is 6.01. The van der Waals surface area contributed by atoms with Crippen LogP contribution in [0.5, 0.6) is 0 Å². The van der Waals surface area contributed by atoms with Crippen molar-refractivity contribution >= 4 is 39.1 Å². The van der Waals surface area contributed by atoms with Gasteiger partial charge in [-0.15, -0.1) is 0 Å². The second-order valence-electron chi connectivity index (χ2n) is 8.42. The van der Waals surface area contributed by atoms with Crippen molar-refractivity contribution < 1.29 is 18.0 Å². The monoisotopic (exact) mass is 507 g/mol. The molecule has 0 radical (unpaired) electrons. The number of benzene rings is 2. The molecule has 2 rings (SSSR count). The number of nitrogens with zero attached hydrogens (tertiary/aromatic N) is 2. The fraction of sp³-hybridized carbons (Fsp3) is 0.440. The number of sulfonamides is 1. The van der Waals surface area contributed by atoms with Gasteiger partial charge in [-0.1, -0.05) is 48.9 Å². The fourth-order valence-corrected chi connectivity index (χ4v) is 4.52. The van der Waals surface area contributed by atoms with E-state index in [2.05, 4.69) is 5.32 Å². The van der Waals surface area contributed by atoms with Gasteiger partial charge in [0.15, 0.2) is 0 Å². The normalized spacial score (nSPS) is 13.1. The Kier molecular flexibility index (Phi) is 10.4. The van der Waals surface area contributed by atoms with E-state index < -0.39 is 16.1 Å². The third-order valence-electron chi connectivity index (χ3n) is 5.63. The molecule has 0 fully saturated rings. The Bertz CT molecular complexity index is 1050. The summed E-state index contributed by atoms with van der Waals surface area (Å²) in [5.74, 6) is -0.443. The first kappa shape index (κ1) is 27.7. The van der Waals surface area contributed by atoms with E-state index in [0.29, 0.717) is 17.1 Å². The number of anilines is 1. The molecule has 0 spiro atoms. The van der Waals surface area contributed by atoms with E-state index in [-0.39, 0.29) is 37.4 Å². The van der Waals surface area contributed by atoms with Gasteiger partial charge in [-0.3, -0.25) is 13.9 Å². The van der Waals surface area contributed by atoms with Crippen LogP contribution in [0.3, 0.4) is 0 Å². The molecule has 2 aromatic rings. The molecule has 0 saturated heterocycles. The average molecular weight is 508 g/mol. The van der Waals surface area contributed by atoms with Crippen molar-refractivity contribution in [3.05, 3.63) is 65.2 Å². The van der Waals surface area contributed by atoms with Crippen molar-refractivity contribution in [2.45, 2.75) is 58.7 Å². The summed E-state index contributed by atoms with van der Waals surface area (Å²) >= 11 is 5.98. The molecule has 2 aromatic carbocycles. The van der Waals surface area contributed by atoms with Crippen LogP contribution in [0, 0.1) is 0 Å². The van der Waals surface area contributed by atoms with Crippen molar-refractivity contribution in [1.82, 2.24) is 10.2 Å². The number of hydrogen-bond donors (Lipinski definition) is 1. The number of halogens is 1. The molecule has 1 N–H and O–H groups in total. The summed E-state index contributed by atoms with van der Waals surface area (Å²) in [6, 6.07) is 15.2. The number of carbonyl (C=O) groups excluding carboxylic acids is 2. The lowest BCUT2D eigenvalue weighted by Crippen LogP contribution is -2.49. The Labute approximate surface area is 208 Å². The van der Waals surface area contributed by atoms with Crippen molar-refractivity contribution in [2.24, 2.45) is 0 Å². The minimum absolute atomic E-state index is 0.00312. The van der Waals surface area contributed by atoms with E-state index in [0.717, 1.165) is 18.2 Å². The van der Waals surface area contributed by atoms with Crippen LogP contribution in [0.4, 0.5) is 5.69 Å². The zero-order valence-electron chi connectivity index (χ0n) is 20.2. The second-order valence-corrected chi connectivity index (χ2v) is 10.8. The number of carbonyl (C=O) groups is 2. The van der Waals surface area contributed by atoms with E-state index >= 15 is 0 Å². The third kappa shape index (κ3) is 8.33. The zero-order valence-corrected chi connectivity index (χ0v) is 21.8. The smallest absolute Gasteiger partial charge is 0.242 e. The quantitative estimate of drug-likeness (QED) is 0.466. The molecule has 0 aliphatic rings. The Morgan fingerprint density at radius 2 is 1.65 bits per heavy atom. The highest BCUT2D eigenvalue weighted by Gasteiger charge is 2.27. The van der Waals surface area contributed by atoms with E-state index in [1.165, 1.54) is 9.21 Å². The van der Waals surface area contributed by atoms with Crippen molar-refractivity contribution in [3.63, 3.8) is 0 Å². The molecular weight excluding hydrogens is 474 g/mol. The standard InChI is InChI=1S/C25H34ClN3O4S/c1-5-19(2)27-25(31)20(3)28(18-21-13-15-22(26)16-14-21)24(30)12-9-17-29(34(4,32)33)23-10-7-6-8-11-23/h6-8,10-11,13-16,19-20H,5,9,12,17-18H2,1-4H3,(H,27,31)/t19-,20-/m0/s1. The molecule has 7 nitrogen and oxygen atoms in total. The minimum Gasteiger partial charge on any atom is -0.352 e. The van der Waals surface area contributed by atoms with Gasteiger partial charge in [-0.25, -0.2) is 8.42 Å². The summed E-state index contributed by atoms with van der Waals surface area (Å²) in [5, 5.41) is 3.52. The Balaban J connectivity index is 2.14. The zero-order chi connectivity index (χ0) is 25.3. The second kappa shape index (κ2) is 12.8. The van der Waals surface area contributed by atoms with Gasteiger partial charge in [0.1, 0.15) is 6.04 Å². The van der Waals surface area contributed by atoms with Gasteiger partial charge < -0.3 is 10.2 Å². The molecule has 186 valence electrons. The number of para-hydroxylation sites is 1. The molecule has 2 amide bonds. The van der Waals surface area contributed by atoms with Gasteiger partial charge in [0.2, 0.25) is 21.8 Å². The van der Waals surface area contributed by atoms with Gasteiger partial charge in [0.05, 0.1) is 11.9 Å². The first-order valence-corrected chi connectivity index (χ1v) is 13.6. The topological polar surface area (TPSA) is 86.8 Å². The molecule has 9 heteroatoms. The average Bonchev–Trinajstić information content (AvgIpc) is 2.80. The Hall–Kier alpha value is -2.58. The highest BCUT2D eigenvalue weighted by atomic mass is 35.5. The highest BCUT2D eigenvalue weighted by molar-refractivity contribution is 7.92. The summed E-state index contributed by atoms with van der Waals surface area (Å²) < 4.78 is 25.9. The molecule has 34 heavy (non-hydrogen) atoms. The van der Waals surface area contributed by atoms with E-state index in [9.17, 15) is 18.0 Å². The molecule has 0 aliphatic carbocycles. The highest BCUT2D eigenvalue weighted by Crippen LogP contribution is 2.19. The van der Waals surface area contributed by atoms with Crippen LogP contribution in [-0.2, 0) is 26.2 Å². The van der Waals surface area contributed by atoms with Gasteiger partial charge in [0.25, 0.3) is 0 Å². The molecule has 0 aliphatic heterocycles. The minimum atomic E-state index is -3.50. The molecular formula is C25H34ClN3O4S. The third-order valence-corrected chi connectivity index (χ3v) is 7.08. The lowest BCUT2D eigenvalue weighted by atomic mass is 10.1. The fourth-order valence-electron chi connectivity index (χ4n) is 3.43. The predicted octanol–water partition coefficient (Wildman–Crippen LogP) is 4.22. The molecule has 2 atom stereocenters. The summed E-state index contributed by atoms with van der Waals surface area (Å²) in [7, 11) is -3.50. The van der Waals surface area contributed by atoms with E-state index in [4.69, 9.17) is 11.6 Å². The molecule has 0 saturated carbocycles. The number of rotatable bonds is 12. The molecule has 0 unspecified atom stereocenters. The molecule has 0 heterocycles. The van der Waals surface area contributed by atoms with E-state index in [1.807, 2.05) is 32.0 Å². The summed E-state index contributed by atoms with van der Waals surface area (Å²) in [4.78, 5) is 27.6. The Morgan fingerprint density at radius 3 is 2.21 bits per heavy atom. The van der Waals surface area contributed by atoms with E-state index in [1.54, 1.807) is 43.3 Å². The van der Waals surface area contributed by atoms with Crippen LogP contribution in [0.2, 0.25) is 5.02 Å². The maximum Gasteiger partial charge on any atom is 0.242 e. The van der Waals surface area contributed by atoms with Gasteiger partial charge in [-0.05, 0) is 56.5 Å². The lowest BCUT2D eigenvalue weighted by molar-refractivity contribution is -0.140. The maximum atomic E-state index is 13.2. The van der Waals surface area contributed by atoms with Crippen molar-refractivity contribution in [3.8, 4) is 0 Å². The number of nitrogens with one attached hydrogen (secondary N) is 1. The van der Waals surface area contributed by atoms with Gasteiger partial charge in [0, 0.05) is 30.6 Å². The van der Waals surface area contributed by atoms with Crippen LogP contribution >= 0.6 is 11.6 Å². The van der Waals surface area contributed by atoms with Crippen molar-refractivity contribution in [2.75, 3.05) is 17.1 Å². The van der Waals surface area contributed by atoms with Crippen LogP contribution in [0.1, 0.15) is 45.6 Å².